The van der Waals surface area contributed by atoms with Gasteiger partial charge >= 0.3 is 5.92 Å². The molecule has 1 spiro atoms. The van der Waals surface area contributed by atoms with Crippen LogP contribution in [0.1, 0.15) is 12.0 Å². The van der Waals surface area contributed by atoms with Crippen molar-refractivity contribution in [3.8, 4) is 16.9 Å². The van der Waals surface area contributed by atoms with Crippen LogP contribution in [-0.2, 0) is 10.3 Å². The van der Waals surface area contributed by atoms with Crippen molar-refractivity contribution < 1.29 is 18.3 Å². The van der Waals surface area contributed by atoms with Crippen LogP contribution in [-0.4, -0.2) is 35.1 Å². The van der Waals surface area contributed by atoms with Crippen molar-refractivity contribution in [2.45, 2.75) is 17.9 Å². The lowest BCUT2D eigenvalue weighted by molar-refractivity contribution is -0.194. The number of aliphatic imine (C=N–C) groups is 1. The van der Waals surface area contributed by atoms with Crippen LogP contribution in [0.25, 0.3) is 11.1 Å². The first-order valence-corrected chi connectivity index (χ1v) is 7.41. The van der Waals surface area contributed by atoms with Crippen molar-refractivity contribution >= 4 is 6.02 Å². The zero-order valence-corrected chi connectivity index (χ0v) is 12.6. The van der Waals surface area contributed by atoms with E-state index in [1.807, 2.05) is 0 Å². The van der Waals surface area contributed by atoms with Gasteiger partial charge in [-0.1, -0.05) is 6.07 Å². The predicted octanol–water partition coefficient (Wildman–Crippen LogP) is 2.10. The van der Waals surface area contributed by atoms with Crippen LogP contribution in [0.2, 0.25) is 0 Å². The molecule has 3 heterocycles. The summed E-state index contributed by atoms with van der Waals surface area (Å²) in [5.74, 6) is -2.84. The summed E-state index contributed by atoms with van der Waals surface area (Å²) in [5.41, 5.74) is 5.39. The normalized spacial score (nSPS) is 24.5. The van der Waals surface area contributed by atoms with E-state index in [2.05, 4.69) is 15.0 Å². The topological polar surface area (TPSA) is 82.6 Å². The standard InChI is InChI=1S/C16H14F2N4O2/c17-16(18)8-22-14(19)24-15(16)3-4-23-13-2-1-10(5-12(13)15)11-6-20-9-21-7-11/h1-2,5-7,9H,3-4,8H2,(H2,19,22)/t15-/m1/s1. The second-order valence-electron chi connectivity index (χ2n) is 5.72. The van der Waals surface area contributed by atoms with E-state index in [9.17, 15) is 8.78 Å². The number of hydrogen-bond acceptors (Lipinski definition) is 6. The van der Waals surface area contributed by atoms with Crippen LogP contribution >= 0.6 is 0 Å². The molecular weight excluding hydrogens is 318 g/mol. The zero-order valence-electron chi connectivity index (χ0n) is 12.6. The van der Waals surface area contributed by atoms with Gasteiger partial charge in [-0.05, 0) is 17.7 Å². The number of nitrogens with two attached hydrogens (primary N) is 1. The lowest BCUT2D eigenvalue weighted by Gasteiger charge is -2.44. The van der Waals surface area contributed by atoms with Gasteiger partial charge in [0.15, 0.2) is 0 Å². The number of rotatable bonds is 1. The largest absolute Gasteiger partial charge is 0.493 e. The molecule has 0 aliphatic carbocycles. The summed E-state index contributed by atoms with van der Waals surface area (Å²) in [6.45, 7) is -0.597. The Bertz CT molecular complexity index is 813. The summed E-state index contributed by atoms with van der Waals surface area (Å²) < 4.78 is 40.5. The minimum Gasteiger partial charge on any atom is -0.493 e. The molecule has 6 nitrogen and oxygen atoms in total. The van der Waals surface area contributed by atoms with E-state index in [4.69, 9.17) is 15.2 Å². The number of amidine groups is 1. The molecule has 2 aliphatic rings. The van der Waals surface area contributed by atoms with Gasteiger partial charge in [0.2, 0.25) is 5.60 Å². The molecule has 1 aromatic carbocycles. The number of halogens is 2. The van der Waals surface area contributed by atoms with Crippen LogP contribution in [0.3, 0.4) is 0 Å². The van der Waals surface area contributed by atoms with Crippen molar-refractivity contribution in [2.24, 2.45) is 10.7 Å². The highest BCUT2D eigenvalue weighted by atomic mass is 19.3. The van der Waals surface area contributed by atoms with Crippen molar-refractivity contribution in [1.82, 2.24) is 9.97 Å². The Morgan fingerprint density at radius 3 is 2.71 bits per heavy atom. The molecule has 0 amide bonds. The zero-order chi connectivity index (χ0) is 16.8. The molecule has 2 aliphatic heterocycles. The molecule has 0 unspecified atom stereocenters. The van der Waals surface area contributed by atoms with E-state index in [-0.39, 0.29) is 24.6 Å². The van der Waals surface area contributed by atoms with Gasteiger partial charge in [0.1, 0.15) is 18.6 Å². The quantitative estimate of drug-likeness (QED) is 0.865. The number of nitrogens with zero attached hydrogens (tertiary/aromatic N) is 3. The Morgan fingerprint density at radius 1 is 1.12 bits per heavy atom. The second-order valence-corrected chi connectivity index (χ2v) is 5.72. The molecule has 0 saturated carbocycles. The van der Waals surface area contributed by atoms with E-state index >= 15 is 0 Å². The first kappa shape index (κ1) is 14.8. The third kappa shape index (κ3) is 2.10. The van der Waals surface area contributed by atoms with E-state index in [1.165, 1.54) is 6.33 Å². The van der Waals surface area contributed by atoms with Crippen molar-refractivity contribution in [2.75, 3.05) is 13.2 Å². The number of fused-ring (bicyclic) bond motifs is 2. The maximum Gasteiger partial charge on any atom is 0.310 e. The van der Waals surface area contributed by atoms with E-state index in [0.717, 1.165) is 0 Å². The molecule has 24 heavy (non-hydrogen) atoms. The molecule has 0 bridgehead atoms. The molecule has 124 valence electrons. The van der Waals surface area contributed by atoms with Gasteiger partial charge in [0.25, 0.3) is 6.02 Å². The summed E-state index contributed by atoms with van der Waals surface area (Å²) in [4.78, 5) is 11.5. The molecule has 0 radical (unpaired) electrons. The Labute approximate surface area is 136 Å². The van der Waals surface area contributed by atoms with Gasteiger partial charge < -0.3 is 15.2 Å². The molecule has 2 N–H and O–H groups in total. The van der Waals surface area contributed by atoms with Gasteiger partial charge in [-0.15, -0.1) is 0 Å². The van der Waals surface area contributed by atoms with E-state index in [1.54, 1.807) is 30.6 Å². The molecule has 1 atom stereocenters. The van der Waals surface area contributed by atoms with Gasteiger partial charge in [-0.2, -0.15) is 8.78 Å². The van der Waals surface area contributed by atoms with Crippen LogP contribution in [0, 0.1) is 0 Å². The van der Waals surface area contributed by atoms with E-state index in [0.29, 0.717) is 16.9 Å². The molecule has 0 fully saturated rings. The Balaban J connectivity index is 1.89. The summed E-state index contributed by atoms with van der Waals surface area (Å²) in [6.07, 6.45) is 4.61. The molecule has 0 saturated heterocycles. The highest BCUT2D eigenvalue weighted by Gasteiger charge is 2.61. The predicted molar refractivity (Wildman–Crippen MR) is 81.8 cm³/mol. The smallest absolute Gasteiger partial charge is 0.310 e. The maximum absolute atomic E-state index is 14.8. The number of hydrogen-bond donors (Lipinski definition) is 1. The average molecular weight is 332 g/mol. The monoisotopic (exact) mass is 332 g/mol. The highest BCUT2D eigenvalue weighted by molar-refractivity contribution is 5.74. The maximum atomic E-state index is 14.8. The van der Waals surface area contributed by atoms with Crippen LogP contribution in [0.15, 0.2) is 41.9 Å². The van der Waals surface area contributed by atoms with Crippen LogP contribution in [0.5, 0.6) is 5.75 Å². The molecule has 4 rings (SSSR count). The molecule has 2 aromatic rings. The third-order valence-corrected chi connectivity index (χ3v) is 4.32. The summed E-state index contributed by atoms with van der Waals surface area (Å²) >= 11 is 0. The fourth-order valence-electron chi connectivity index (χ4n) is 3.11. The first-order chi connectivity index (χ1) is 11.5. The summed E-state index contributed by atoms with van der Waals surface area (Å²) in [6, 6.07) is 4.82. The molecular formula is C16H14F2N4O2. The first-order valence-electron chi connectivity index (χ1n) is 7.41. The van der Waals surface area contributed by atoms with Crippen LogP contribution < -0.4 is 10.5 Å². The van der Waals surface area contributed by atoms with Crippen molar-refractivity contribution in [1.29, 1.82) is 0 Å². The van der Waals surface area contributed by atoms with Crippen molar-refractivity contribution in [3.63, 3.8) is 0 Å². The van der Waals surface area contributed by atoms with Gasteiger partial charge in [0, 0.05) is 29.9 Å². The highest BCUT2D eigenvalue weighted by Crippen LogP contribution is 2.51. The minimum absolute atomic E-state index is 0.0159. The Morgan fingerprint density at radius 2 is 1.92 bits per heavy atom. The third-order valence-electron chi connectivity index (χ3n) is 4.32. The summed E-state index contributed by atoms with van der Waals surface area (Å²) in [5, 5.41) is 0. The minimum atomic E-state index is -3.19. The van der Waals surface area contributed by atoms with Crippen LogP contribution in [0.4, 0.5) is 8.78 Å². The fraction of sp³-hybridized carbons (Fsp3) is 0.312. The van der Waals surface area contributed by atoms with Gasteiger partial charge in [-0.25, -0.2) is 15.0 Å². The van der Waals surface area contributed by atoms with E-state index < -0.39 is 18.1 Å². The molecule has 8 heteroatoms. The second kappa shape index (κ2) is 5.12. The molecule has 1 aromatic heterocycles. The van der Waals surface area contributed by atoms with Gasteiger partial charge in [-0.3, -0.25) is 0 Å². The Hall–Kier alpha value is -2.77. The number of ether oxygens (including phenoxy) is 2. The van der Waals surface area contributed by atoms with Gasteiger partial charge in [0.05, 0.1) is 6.61 Å². The summed E-state index contributed by atoms with van der Waals surface area (Å²) in [7, 11) is 0. The number of benzene rings is 1. The van der Waals surface area contributed by atoms with Crippen molar-refractivity contribution in [3.05, 3.63) is 42.5 Å². The number of alkyl halides is 2. The fourth-order valence-corrected chi connectivity index (χ4v) is 3.11. The average Bonchev–Trinajstić information content (AvgIpc) is 2.60. The lowest BCUT2D eigenvalue weighted by Crippen LogP contribution is -2.57. The lowest BCUT2D eigenvalue weighted by atomic mass is 9.80. The SMILES string of the molecule is NC1=NCC(F)(F)[C@]2(CCOc3ccc(-c4cncnc4)cc32)O1. The number of aromatic nitrogens is 2. The Kier molecular flexibility index (Phi) is 3.16.